The molecule has 2 heterocycles. The number of aromatic nitrogens is 2. The molecule has 1 saturated carbocycles. The summed E-state index contributed by atoms with van der Waals surface area (Å²) in [5, 5.41) is 4.17. The van der Waals surface area contributed by atoms with E-state index < -0.39 is 10.0 Å². The van der Waals surface area contributed by atoms with Crippen LogP contribution in [0.2, 0.25) is 0 Å². The first-order valence-electron chi connectivity index (χ1n) is 8.44. The minimum absolute atomic E-state index is 0.0948. The van der Waals surface area contributed by atoms with Crippen molar-refractivity contribution in [1.82, 2.24) is 14.1 Å². The molecule has 8 heteroatoms. The third-order valence-electron chi connectivity index (χ3n) is 5.14. The molecule has 0 radical (unpaired) electrons. The fourth-order valence-electron chi connectivity index (χ4n) is 3.60. The number of ether oxygens (including phenoxy) is 1. The fraction of sp³-hybridized carbons (Fsp3) is 0.471. The summed E-state index contributed by atoms with van der Waals surface area (Å²) < 4.78 is 34.9. The Morgan fingerprint density at radius 3 is 2.72 bits per heavy atom. The summed E-state index contributed by atoms with van der Waals surface area (Å²) in [6, 6.07) is 6.75. The van der Waals surface area contributed by atoms with Crippen molar-refractivity contribution in [2.75, 3.05) is 20.2 Å². The second-order valence-electron chi connectivity index (χ2n) is 6.77. The molecule has 1 aromatic heterocycles. The van der Waals surface area contributed by atoms with Gasteiger partial charge in [0.15, 0.2) is 0 Å². The molecule has 1 saturated heterocycles. The Hall–Kier alpha value is -1.90. The predicted molar refractivity (Wildman–Crippen MR) is 93.1 cm³/mol. The molecule has 2 aromatic rings. The number of benzene rings is 1. The molecule has 0 bridgehead atoms. The highest BCUT2D eigenvalue weighted by Crippen LogP contribution is 2.42. The quantitative estimate of drug-likeness (QED) is 0.864. The minimum atomic E-state index is -3.68. The van der Waals surface area contributed by atoms with Gasteiger partial charge in [-0.15, -0.1) is 0 Å². The third-order valence-corrected chi connectivity index (χ3v) is 6.99. The maximum Gasteiger partial charge on any atom is 0.246 e. The van der Waals surface area contributed by atoms with Crippen LogP contribution in [0.15, 0.2) is 41.6 Å². The van der Waals surface area contributed by atoms with E-state index in [1.54, 1.807) is 41.3 Å². The molecule has 7 nitrogen and oxygen atoms in total. The fourth-order valence-corrected chi connectivity index (χ4v) is 5.30. The van der Waals surface area contributed by atoms with E-state index in [9.17, 15) is 8.42 Å². The molecule has 0 amide bonds. The van der Waals surface area contributed by atoms with Crippen molar-refractivity contribution < 1.29 is 13.2 Å². The van der Waals surface area contributed by atoms with E-state index >= 15 is 0 Å². The average Bonchev–Trinajstić information content (AvgIpc) is 3.14. The molecule has 2 aliphatic rings. The largest absolute Gasteiger partial charge is 0.495 e. The highest BCUT2D eigenvalue weighted by molar-refractivity contribution is 7.89. The molecule has 2 atom stereocenters. The zero-order valence-corrected chi connectivity index (χ0v) is 14.9. The molecule has 0 spiro atoms. The molecule has 1 aliphatic carbocycles. The number of sulfonamides is 1. The lowest BCUT2D eigenvalue weighted by Gasteiger charge is -2.19. The van der Waals surface area contributed by atoms with Gasteiger partial charge in [0.2, 0.25) is 10.0 Å². The second kappa shape index (κ2) is 6.12. The summed E-state index contributed by atoms with van der Waals surface area (Å²) in [6.45, 7) is 0.849. The first-order valence-corrected chi connectivity index (χ1v) is 9.88. The first kappa shape index (κ1) is 16.6. The van der Waals surface area contributed by atoms with Crippen molar-refractivity contribution in [3.05, 3.63) is 36.7 Å². The zero-order chi connectivity index (χ0) is 17.6. The van der Waals surface area contributed by atoms with Gasteiger partial charge in [0, 0.05) is 31.5 Å². The third kappa shape index (κ3) is 2.94. The Kier molecular flexibility index (Phi) is 4.05. The van der Waals surface area contributed by atoms with Gasteiger partial charge in [0.1, 0.15) is 10.6 Å². The SMILES string of the molecule is COc1ccc(-n2cccn2)cc1S(=O)(=O)N1C[C@@H](N)[C@H](C2CC2)C1. The van der Waals surface area contributed by atoms with Crippen molar-refractivity contribution in [2.24, 2.45) is 17.6 Å². The molecule has 1 aromatic carbocycles. The Morgan fingerprint density at radius 1 is 1.28 bits per heavy atom. The summed E-state index contributed by atoms with van der Waals surface area (Å²) in [5.41, 5.74) is 6.88. The Bertz CT molecular complexity index is 862. The highest BCUT2D eigenvalue weighted by Gasteiger charge is 2.45. The highest BCUT2D eigenvalue weighted by atomic mass is 32.2. The topological polar surface area (TPSA) is 90.5 Å². The van der Waals surface area contributed by atoms with Crippen molar-refractivity contribution in [3.8, 4) is 11.4 Å². The number of hydrogen-bond acceptors (Lipinski definition) is 5. The van der Waals surface area contributed by atoms with Crippen LogP contribution in [0.3, 0.4) is 0 Å². The van der Waals surface area contributed by atoms with Crippen molar-refractivity contribution in [1.29, 1.82) is 0 Å². The molecule has 4 rings (SSSR count). The van der Waals surface area contributed by atoms with Gasteiger partial charge in [-0.3, -0.25) is 0 Å². The first-order chi connectivity index (χ1) is 12.0. The van der Waals surface area contributed by atoms with E-state index in [0.29, 0.717) is 30.4 Å². The number of rotatable bonds is 5. The van der Waals surface area contributed by atoms with E-state index in [0.717, 1.165) is 12.8 Å². The standard InChI is InChI=1S/C17H22N4O3S/c1-24-16-6-5-13(21-8-2-7-19-21)9-17(16)25(22,23)20-10-14(12-3-4-12)15(18)11-20/h2,5-9,12,14-15H,3-4,10-11,18H2,1H3/t14-,15+/m0/s1. The maximum absolute atomic E-state index is 13.2. The predicted octanol–water partition coefficient (Wildman–Crippen LogP) is 1.24. The van der Waals surface area contributed by atoms with Crippen molar-refractivity contribution in [2.45, 2.75) is 23.8 Å². The van der Waals surface area contributed by atoms with Gasteiger partial charge in [0.05, 0.1) is 12.8 Å². The summed E-state index contributed by atoms with van der Waals surface area (Å²) >= 11 is 0. The van der Waals surface area contributed by atoms with Crippen molar-refractivity contribution >= 4 is 10.0 Å². The molecule has 134 valence electrons. The van der Waals surface area contributed by atoms with Crippen LogP contribution in [0.25, 0.3) is 5.69 Å². The lowest BCUT2D eigenvalue weighted by atomic mass is 9.99. The van der Waals surface area contributed by atoms with Crippen molar-refractivity contribution in [3.63, 3.8) is 0 Å². The van der Waals surface area contributed by atoms with Gasteiger partial charge in [-0.25, -0.2) is 13.1 Å². The van der Waals surface area contributed by atoms with Crippen LogP contribution in [0.1, 0.15) is 12.8 Å². The smallest absolute Gasteiger partial charge is 0.246 e. The van der Waals surface area contributed by atoms with Crippen LogP contribution in [-0.2, 0) is 10.0 Å². The van der Waals surface area contributed by atoms with Crippen LogP contribution >= 0.6 is 0 Å². The van der Waals surface area contributed by atoms with E-state index in [2.05, 4.69) is 5.10 Å². The molecule has 2 fully saturated rings. The molecule has 0 unspecified atom stereocenters. The van der Waals surface area contributed by atoms with Gasteiger partial charge in [-0.2, -0.15) is 9.40 Å². The van der Waals surface area contributed by atoms with Crippen LogP contribution in [-0.4, -0.2) is 48.7 Å². The number of hydrogen-bond donors (Lipinski definition) is 1. The van der Waals surface area contributed by atoms with Gasteiger partial charge in [-0.05, 0) is 48.9 Å². The van der Waals surface area contributed by atoms with Crippen LogP contribution < -0.4 is 10.5 Å². The maximum atomic E-state index is 13.2. The Morgan fingerprint density at radius 2 is 2.08 bits per heavy atom. The van der Waals surface area contributed by atoms with Gasteiger partial charge in [-0.1, -0.05) is 0 Å². The lowest BCUT2D eigenvalue weighted by molar-refractivity contribution is 0.395. The number of nitrogens with zero attached hydrogens (tertiary/aromatic N) is 3. The molecular formula is C17H22N4O3S. The monoisotopic (exact) mass is 362 g/mol. The van der Waals surface area contributed by atoms with Gasteiger partial charge >= 0.3 is 0 Å². The molecular weight excluding hydrogens is 340 g/mol. The summed E-state index contributed by atoms with van der Waals surface area (Å²) in [6.07, 6.45) is 5.74. The lowest BCUT2D eigenvalue weighted by Crippen LogP contribution is -2.32. The van der Waals surface area contributed by atoms with E-state index in [-0.39, 0.29) is 16.9 Å². The zero-order valence-electron chi connectivity index (χ0n) is 14.1. The summed E-state index contributed by atoms with van der Waals surface area (Å²) in [5.74, 6) is 1.17. The minimum Gasteiger partial charge on any atom is -0.495 e. The van der Waals surface area contributed by atoms with Crippen LogP contribution in [0, 0.1) is 11.8 Å². The van der Waals surface area contributed by atoms with Gasteiger partial charge < -0.3 is 10.5 Å². The average molecular weight is 362 g/mol. The molecule has 1 aliphatic heterocycles. The Balaban J connectivity index is 1.70. The second-order valence-corrected chi connectivity index (χ2v) is 8.68. The normalized spacial score (nSPS) is 24.6. The summed E-state index contributed by atoms with van der Waals surface area (Å²) in [4.78, 5) is 0.159. The Labute approximate surface area is 147 Å². The van der Waals surface area contributed by atoms with E-state index in [4.69, 9.17) is 10.5 Å². The molecule has 25 heavy (non-hydrogen) atoms. The van der Waals surface area contributed by atoms with Crippen LogP contribution in [0.4, 0.5) is 0 Å². The van der Waals surface area contributed by atoms with E-state index in [1.165, 1.54) is 11.4 Å². The van der Waals surface area contributed by atoms with E-state index in [1.807, 2.05) is 0 Å². The number of methoxy groups -OCH3 is 1. The summed E-state index contributed by atoms with van der Waals surface area (Å²) in [7, 11) is -2.20. The van der Waals surface area contributed by atoms with Crippen LogP contribution in [0.5, 0.6) is 5.75 Å². The van der Waals surface area contributed by atoms with Gasteiger partial charge in [0.25, 0.3) is 0 Å². The molecule has 2 N–H and O–H groups in total. The number of nitrogens with two attached hydrogens (primary N) is 1.